The van der Waals surface area contributed by atoms with Crippen LogP contribution in [0.5, 0.6) is 0 Å². The topological polar surface area (TPSA) is 28.7 Å². The van der Waals surface area contributed by atoms with Crippen LogP contribution in [0, 0.1) is 6.92 Å². The smallest absolute Gasteiger partial charge is 0.280 e. The van der Waals surface area contributed by atoms with Gasteiger partial charge in [-0.3, -0.25) is 0 Å². The Balaban J connectivity index is 2.61. The van der Waals surface area contributed by atoms with Crippen LogP contribution in [0.15, 0.2) is 18.2 Å². The fourth-order valence-electron chi connectivity index (χ4n) is 1.28. The maximum absolute atomic E-state index is 12.2. The molecule has 0 fully saturated rings. The molecule has 2 rings (SSSR count). The molecule has 0 amide bonds. The summed E-state index contributed by atoms with van der Waals surface area (Å²) in [5.74, 6) is 0. The number of alkyl halides is 2. The summed E-state index contributed by atoms with van der Waals surface area (Å²) in [6.07, 6.45) is -2.51. The molecule has 2 aromatic heterocycles. The van der Waals surface area contributed by atoms with Crippen LogP contribution < -0.4 is 0 Å². The molecule has 0 saturated carbocycles. The van der Waals surface area contributed by atoms with E-state index in [0.717, 1.165) is 11.1 Å². The summed E-state index contributed by atoms with van der Waals surface area (Å²) >= 11 is 0. The Morgan fingerprint density at radius 1 is 1.38 bits per heavy atom. The molecule has 2 heterocycles. The normalized spacial score (nSPS) is 11.4. The number of nitrogens with one attached hydrogen (secondary N) is 1. The SMILES string of the molecule is Cc1cc2ccc(C(F)F)nc2[nH]1. The molecule has 68 valence electrons. The molecule has 0 unspecified atom stereocenters. The molecule has 0 spiro atoms. The molecule has 0 aliphatic heterocycles. The van der Waals surface area contributed by atoms with Crippen LogP contribution >= 0.6 is 0 Å². The molecule has 0 aromatic carbocycles. The molecule has 2 nitrogen and oxygen atoms in total. The lowest BCUT2D eigenvalue weighted by molar-refractivity contribution is 0.146. The van der Waals surface area contributed by atoms with Gasteiger partial charge in [-0.25, -0.2) is 13.8 Å². The van der Waals surface area contributed by atoms with Crippen molar-refractivity contribution in [1.29, 1.82) is 0 Å². The van der Waals surface area contributed by atoms with Crippen molar-refractivity contribution in [1.82, 2.24) is 9.97 Å². The number of rotatable bonds is 1. The van der Waals surface area contributed by atoms with E-state index in [9.17, 15) is 8.78 Å². The first kappa shape index (κ1) is 8.16. The summed E-state index contributed by atoms with van der Waals surface area (Å²) in [5, 5.41) is 0.863. The number of aromatic amines is 1. The standard InChI is InChI=1S/C9H8F2N2/c1-5-4-6-2-3-7(8(10)11)13-9(6)12-5/h2-4,8H,1H3,(H,12,13). The van der Waals surface area contributed by atoms with E-state index in [2.05, 4.69) is 9.97 Å². The molecular formula is C9H8F2N2. The van der Waals surface area contributed by atoms with Crippen molar-refractivity contribution in [2.24, 2.45) is 0 Å². The molecule has 13 heavy (non-hydrogen) atoms. The second-order valence-corrected chi connectivity index (χ2v) is 2.93. The van der Waals surface area contributed by atoms with Crippen LogP contribution in [0.3, 0.4) is 0 Å². The van der Waals surface area contributed by atoms with Gasteiger partial charge in [0.2, 0.25) is 0 Å². The van der Waals surface area contributed by atoms with Crippen LogP contribution in [-0.4, -0.2) is 9.97 Å². The number of aryl methyl sites for hydroxylation is 1. The van der Waals surface area contributed by atoms with Crippen molar-refractivity contribution < 1.29 is 8.78 Å². The Morgan fingerprint density at radius 3 is 2.85 bits per heavy atom. The fourth-order valence-corrected chi connectivity index (χ4v) is 1.28. The van der Waals surface area contributed by atoms with E-state index in [1.165, 1.54) is 6.07 Å². The minimum Gasteiger partial charge on any atom is -0.344 e. The fraction of sp³-hybridized carbons (Fsp3) is 0.222. The predicted octanol–water partition coefficient (Wildman–Crippen LogP) is 2.81. The van der Waals surface area contributed by atoms with Gasteiger partial charge in [0.15, 0.2) is 0 Å². The summed E-state index contributed by atoms with van der Waals surface area (Å²) in [4.78, 5) is 6.70. The third kappa shape index (κ3) is 1.39. The van der Waals surface area contributed by atoms with Gasteiger partial charge in [-0.1, -0.05) is 0 Å². The number of nitrogens with zero attached hydrogens (tertiary/aromatic N) is 1. The second kappa shape index (κ2) is 2.80. The third-order valence-electron chi connectivity index (χ3n) is 1.86. The molecule has 0 saturated heterocycles. The third-order valence-corrected chi connectivity index (χ3v) is 1.86. The van der Waals surface area contributed by atoms with Crippen LogP contribution in [0.2, 0.25) is 0 Å². The number of hydrogen-bond acceptors (Lipinski definition) is 1. The maximum Gasteiger partial charge on any atom is 0.280 e. The molecule has 0 bridgehead atoms. The van der Waals surface area contributed by atoms with Crippen molar-refractivity contribution in [3.63, 3.8) is 0 Å². The predicted molar refractivity (Wildman–Crippen MR) is 45.8 cm³/mol. The molecule has 0 atom stereocenters. The van der Waals surface area contributed by atoms with E-state index >= 15 is 0 Å². The minimum atomic E-state index is -2.51. The first-order valence-electron chi connectivity index (χ1n) is 3.91. The quantitative estimate of drug-likeness (QED) is 0.721. The van der Waals surface area contributed by atoms with Crippen LogP contribution in [0.4, 0.5) is 8.78 Å². The lowest BCUT2D eigenvalue weighted by Gasteiger charge is -1.96. The van der Waals surface area contributed by atoms with E-state index in [1.54, 1.807) is 6.07 Å². The van der Waals surface area contributed by atoms with Gasteiger partial charge in [0.1, 0.15) is 11.3 Å². The maximum atomic E-state index is 12.2. The van der Waals surface area contributed by atoms with Gasteiger partial charge >= 0.3 is 0 Å². The zero-order chi connectivity index (χ0) is 9.42. The number of pyridine rings is 1. The van der Waals surface area contributed by atoms with Crippen molar-refractivity contribution in [3.05, 3.63) is 29.6 Å². The number of hydrogen-bond donors (Lipinski definition) is 1. The van der Waals surface area contributed by atoms with Crippen molar-refractivity contribution in [2.45, 2.75) is 13.3 Å². The Labute approximate surface area is 73.6 Å². The van der Waals surface area contributed by atoms with Gasteiger partial charge in [-0.2, -0.15) is 0 Å². The second-order valence-electron chi connectivity index (χ2n) is 2.93. The summed E-state index contributed by atoms with van der Waals surface area (Å²) in [6, 6.07) is 4.87. The van der Waals surface area contributed by atoms with E-state index in [4.69, 9.17) is 0 Å². The van der Waals surface area contributed by atoms with Crippen molar-refractivity contribution in [3.8, 4) is 0 Å². The van der Waals surface area contributed by atoms with Gasteiger partial charge in [0.25, 0.3) is 6.43 Å². The largest absolute Gasteiger partial charge is 0.344 e. The van der Waals surface area contributed by atoms with Gasteiger partial charge < -0.3 is 4.98 Å². The molecule has 2 aromatic rings. The summed E-state index contributed by atoms with van der Waals surface area (Å²) < 4.78 is 24.5. The molecule has 0 aliphatic carbocycles. The molecule has 0 aliphatic rings. The lowest BCUT2D eigenvalue weighted by Crippen LogP contribution is -1.89. The summed E-state index contributed by atoms with van der Waals surface area (Å²) in [7, 11) is 0. The Bertz CT molecular complexity index is 434. The summed E-state index contributed by atoms with van der Waals surface area (Å²) in [6.45, 7) is 1.86. The van der Waals surface area contributed by atoms with E-state index < -0.39 is 6.43 Å². The van der Waals surface area contributed by atoms with Gasteiger partial charge in [0.05, 0.1) is 0 Å². The van der Waals surface area contributed by atoms with Crippen LogP contribution in [0.25, 0.3) is 11.0 Å². The molecule has 1 N–H and O–H groups in total. The highest BCUT2D eigenvalue weighted by Crippen LogP contribution is 2.20. The van der Waals surface area contributed by atoms with Gasteiger partial charge in [-0.15, -0.1) is 0 Å². The zero-order valence-corrected chi connectivity index (χ0v) is 7.01. The Kier molecular flexibility index (Phi) is 1.76. The highest BCUT2D eigenvalue weighted by molar-refractivity contribution is 5.76. The van der Waals surface area contributed by atoms with E-state index in [-0.39, 0.29) is 5.69 Å². The number of halogens is 2. The Hall–Kier alpha value is -1.45. The number of aromatic nitrogens is 2. The number of H-pyrrole nitrogens is 1. The molecule has 0 radical (unpaired) electrons. The monoisotopic (exact) mass is 182 g/mol. The van der Waals surface area contributed by atoms with Gasteiger partial charge in [-0.05, 0) is 25.1 Å². The zero-order valence-electron chi connectivity index (χ0n) is 7.01. The number of fused-ring (bicyclic) bond motifs is 1. The highest BCUT2D eigenvalue weighted by atomic mass is 19.3. The average Bonchev–Trinajstić information content (AvgIpc) is 2.42. The molecular weight excluding hydrogens is 174 g/mol. The first-order valence-corrected chi connectivity index (χ1v) is 3.91. The van der Waals surface area contributed by atoms with E-state index in [0.29, 0.717) is 5.65 Å². The van der Waals surface area contributed by atoms with Crippen molar-refractivity contribution in [2.75, 3.05) is 0 Å². The average molecular weight is 182 g/mol. The van der Waals surface area contributed by atoms with Crippen molar-refractivity contribution >= 4 is 11.0 Å². The van der Waals surface area contributed by atoms with E-state index in [1.807, 2.05) is 13.0 Å². The molecule has 4 heteroatoms. The summed E-state index contributed by atoms with van der Waals surface area (Å²) in [5.41, 5.74) is 1.26. The minimum absolute atomic E-state index is 0.186. The lowest BCUT2D eigenvalue weighted by atomic mass is 10.3. The Morgan fingerprint density at radius 2 is 2.15 bits per heavy atom. The van der Waals surface area contributed by atoms with Gasteiger partial charge in [0, 0.05) is 11.1 Å². The highest BCUT2D eigenvalue weighted by Gasteiger charge is 2.09. The van der Waals surface area contributed by atoms with Crippen LogP contribution in [0.1, 0.15) is 17.8 Å². The first-order chi connectivity index (χ1) is 6.16. The van der Waals surface area contributed by atoms with Crippen LogP contribution in [-0.2, 0) is 0 Å².